The van der Waals surface area contributed by atoms with Crippen molar-refractivity contribution in [3.63, 3.8) is 0 Å². The van der Waals surface area contributed by atoms with E-state index >= 15 is 0 Å². The predicted octanol–water partition coefficient (Wildman–Crippen LogP) is 2.75. The molecule has 6 heteroatoms. The molecule has 1 aliphatic rings. The van der Waals surface area contributed by atoms with Crippen molar-refractivity contribution in [2.75, 3.05) is 0 Å². The highest BCUT2D eigenvalue weighted by molar-refractivity contribution is 7.16. The third kappa shape index (κ3) is 2.90. The molecule has 1 amide bonds. The van der Waals surface area contributed by atoms with E-state index < -0.39 is 0 Å². The fourth-order valence-electron chi connectivity index (χ4n) is 2.83. The number of hydrogen-bond acceptors (Lipinski definition) is 4. The maximum absolute atomic E-state index is 12.4. The number of carbonyl (C=O) groups is 1. The summed E-state index contributed by atoms with van der Waals surface area (Å²) in [4.78, 5) is 21.8. The Hall–Kier alpha value is -2.47. The Bertz CT molecular complexity index is 824. The summed E-state index contributed by atoms with van der Waals surface area (Å²) in [7, 11) is 0. The molecule has 0 bridgehead atoms. The van der Waals surface area contributed by atoms with Crippen molar-refractivity contribution < 1.29 is 4.79 Å². The number of benzene rings is 1. The number of imidazole rings is 1. The van der Waals surface area contributed by atoms with Crippen LogP contribution >= 0.6 is 11.3 Å². The number of hydrogen-bond donors (Lipinski definition) is 1. The van der Waals surface area contributed by atoms with Gasteiger partial charge in [-0.3, -0.25) is 4.79 Å². The van der Waals surface area contributed by atoms with Crippen LogP contribution in [0.5, 0.6) is 0 Å². The van der Waals surface area contributed by atoms with Gasteiger partial charge in [0.25, 0.3) is 5.91 Å². The van der Waals surface area contributed by atoms with Crippen molar-refractivity contribution in [1.82, 2.24) is 19.9 Å². The van der Waals surface area contributed by atoms with Gasteiger partial charge < -0.3 is 9.88 Å². The SMILES string of the molecule is O=C(N[C@H]1CCc2nccn2C1)c1cnc(-c2ccccc2)s1. The Morgan fingerprint density at radius 2 is 2.13 bits per heavy atom. The van der Waals surface area contributed by atoms with Crippen molar-refractivity contribution in [1.29, 1.82) is 0 Å². The second kappa shape index (κ2) is 5.96. The molecule has 1 atom stereocenters. The Labute approximate surface area is 138 Å². The Morgan fingerprint density at radius 1 is 1.26 bits per heavy atom. The molecule has 1 N–H and O–H groups in total. The number of aryl methyl sites for hydroxylation is 1. The summed E-state index contributed by atoms with van der Waals surface area (Å²) in [6, 6.07) is 10.1. The Kier molecular flexibility index (Phi) is 3.67. The van der Waals surface area contributed by atoms with Crippen LogP contribution in [0, 0.1) is 0 Å². The molecule has 0 unspecified atom stereocenters. The summed E-state index contributed by atoms with van der Waals surface area (Å²) in [5.41, 5.74) is 1.04. The molecule has 0 radical (unpaired) electrons. The zero-order valence-corrected chi connectivity index (χ0v) is 13.3. The summed E-state index contributed by atoms with van der Waals surface area (Å²) in [5.74, 6) is 1.05. The standard InChI is InChI=1S/C17H16N4OS/c22-16(20-13-6-7-15-18-8-9-21(15)11-13)14-10-19-17(23-14)12-4-2-1-3-5-12/h1-5,8-10,13H,6-7,11H2,(H,20,22)/t13-/m0/s1. The van der Waals surface area contributed by atoms with Crippen molar-refractivity contribution >= 4 is 17.2 Å². The molecule has 3 aromatic rings. The number of amides is 1. The van der Waals surface area contributed by atoms with Crippen LogP contribution < -0.4 is 5.32 Å². The minimum absolute atomic E-state index is 0.0433. The van der Waals surface area contributed by atoms with E-state index in [1.165, 1.54) is 11.3 Å². The van der Waals surface area contributed by atoms with E-state index in [2.05, 4.69) is 19.9 Å². The van der Waals surface area contributed by atoms with Crippen LogP contribution in [0.15, 0.2) is 48.9 Å². The minimum atomic E-state index is -0.0433. The first kappa shape index (κ1) is 14.1. The third-order valence-electron chi connectivity index (χ3n) is 4.02. The van der Waals surface area contributed by atoms with E-state index in [9.17, 15) is 4.79 Å². The fourth-order valence-corrected chi connectivity index (χ4v) is 3.66. The van der Waals surface area contributed by atoms with Crippen LogP contribution in [0.3, 0.4) is 0 Å². The third-order valence-corrected chi connectivity index (χ3v) is 5.07. The first-order valence-corrected chi connectivity index (χ1v) is 8.43. The van der Waals surface area contributed by atoms with Gasteiger partial charge in [0.2, 0.25) is 0 Å². The number of thiazole rings is 1. The zero-order valence-electron chi connectivity index (χ0n) is 12.5. The van der Waals surface area contributed by atoms with Gasteiger partial charge in [-0.1, -0.05) is 30.3 Å². The lowest BCUT2D eigenvalue weighted by atomic mass is 10.1. The van der Waals surface area contributed by atoms with Gasteiger partial charge in [0.1, 0.15) is 15.7 Å². The minimum Gasteiger partial charge on any atom is -0.347 e. The number of nitrogens with zero attached hydrogens (tertiary/aromatic N) is 3. The molecule has 0 aliphatic carbocycles. The van der Waals surface area contributed by atoms with Crippen molar-refractivity contribution in [2.24, 2.45) is 0 Å². The normalized spacial score (nSPS) is 16.8. The molecule has 1 aromatic carbocycles. The number of aromatic nitrogens is 3. The largest absolute Gasteiger partial charge is 0.347 e. The molecule has 0 spiro atoms. The van der Waals surface area contributed by atoms with Gasteiger partial charge in [0.15, 0.2) is 0 Å². The lowest BCUT2D eigenvalue weighted by Crippen LogP contribution is -2.40. The van der Waals surface area contributed by atoms with Gasteiger partial charge in [-0.25, -0.2) is 9.97 Å². The maximum atomic E-state index is 12.4. The first-order chi connectivity index (χ1) is 11.3. The maximum Gasteiger partial charge on any atom is 0.263 e. The van der Waals surface area contributed by atoms with E-state index in [0.29, 0.717) is 4.88 Å². The summed E-state index contributed by atoms with van der Waals surface area (Å²) < 4.78 is 2.11. The number of fused-ring (bicyclic) bond motifs is 1. The lowest BCUT2D eigenvalue weighted by Gasteiger charge is -2.24. The molecule has 4 rings (SSSR count). The molecule has 0 saturated carbocycles. The molecule has 23 heavy (non-hydrogen) atoms. The monoisotopic (exact) mass is 324 g/mol. The fraction of sp³-hybridized carbons (Fsp3) is 0.235. The van der Waals surface area contributed by atoms with Gasteiger partial charge in [0, 0.05) is 37.0 Å². The second-order valence-corrected chi connectivity index (χ2v) is 6.63. The van der Waals surface area contributed by atoms with Crippen molar-refractivity contribution in [2.45, 2.75) is 25.4 Å². The zero-order chi connectivity index (χ0) is 15.6. The Balaban J connectivity index is 1.45. The van der Waals surface area contributed by atoms with E-state index in [4.69, 9.17) is 0 Å². The summed E-state index contributed by atoms with van der Waals surface area (Å²) in [5, 5.41) is 3.99. The van der Waals surface area contributed by atoms with Crippen molar-refractivity contribution in [3.8, 4) is 10.6 Å². The molecule has 5 nitrogen and oxygen atoms in total. The average Bonchev–Trinajstić information content (AvgIpc) is 3.24. The number of carbonyl (C=O) groups excluding carboxylic acids is 1. The van der Waals surface area contributed by atoms with Crippen molar-refractivity contribution in [3.05, 3.63) is 59.6 Å². The topological polar surface area (TPSA) is 59.8 Å². The highest BCUT2D eigenvalue weighted by Crippen LogP contribution is 2.25. The van der Waals surface area contributed by atoms with E-state index in [1.54, 1.807) is 6.20 Å². The van der Waals surface area contributed by atoms with Gasteiger partial charge in [-0.15, -0.1) is 11.3 Å². The molecular weight excluding hydrogens is 308 g/mol. The van der Waals surface area contributed by atoms with Crippen LogP contribution in [0.2, 0.25) is 0 Å². The Morgan fingerprint density at radius 3 is 3.00 bits per heavy atom. The molecule has 0 fully saturated rings. The highest BCUT2D eigenvalue weighted by Gasteiger charge is 2.21. The van der Waals surface area contributed by atoms with Gasteiger partial charge in [-0.05, 0) is 6.42 Å². The second-order valence-electron chi connectivity index (χ2n) is 5.60. The molecule has 0 saturated heterocycles. The van der Waals surface area contributed by atoms with Crippen LogP contribution in [0.25, 0.3) is 10.6 Å². The van der Waals surface area contributed by atoms with Crippen LogP contribution in [-0.2, 0) is 13.0 Å². The van der Waals surface area contributed by atoms with Crippen LogP contribution in [0.4, 0.5) is 0 Å². The molecule has 3 heterocycles. The van der Waals surface area contributed by atoms with Gasteiger partial charge >= 0.3 is 0 Å². The first-order valence-electron chi connectivity index (χ1n) is 7.62. The molecule has 116 valence electrons. The quantitative estimate of drug-likeness (QED) is 0.806. The smallest absolute Gasteiger partial charge is 0.263 e. The molecular formula is C17H16N4OS. The van der Waals surface area contributed by atoms with Gasteiger partial charge in [0.05, 0.1) is 6.20 Å². The predicted molar refractivity (Wildman–Crippen MR) is 89.4 cm³/mol. The lowest BCUT2D eigenvalue weighted by molar-refractivity contribution is 0.0931. The average molecular weight is 324 g/mol. The highest BCUT2D eigenvalue weighted by atomic mass is 32.1. The van der Waals surface area contributed by atoms with E-state index in [1.807, 2.05) is 42.7 Å². The summed E-state index contributed by atoms with van der Waals surface area (Å²) >= 11 is 1.43. The number of nitrogens with one attached hydrogen (secondary N) is 1. The van der Waals surface area contributed by atoms with E-state index in [0.717, 1.165) is 35.8 Å². The van der Waals surface area contributed by atoms with E-state index in [-0.39, 0.29) is 11.9 Å². The molecule has 2 aromatic heterocycles. The number of rotatable bonds is 3. The van der Waals surface area contributed by atoms with Crippen LogP contribution in [0.1, 0.15) is 21.9 Å². The molecule has 1 aliphatic heterocycles. The van der Waals surface area contributed by atoms with Gasteiger partial charge in [-0.2, -0.15) is 0 Å². The summed E-state index contributed by atoms with van der Waals surface area (Å²) in [6.45, 7) is 0.783. The van der Waals surface area contributed by atoms with Crippen LogP contribution in [-0.4, -0.2) is 26.5 Å². The summed E-state index contributed by atoms with van der Waals surface area (Å²) in [6.07, 6.45) is 7.26.